The molecule has 0 radical (unpaired) electrons. The van der Waals surface area contributed by atoms with Crippen LogP contribution in [0.1, 0.15) is 18.1 Å². The predicted molar refractivity (Wildman–Crippen MR) is 93.2 cm³/mol. The number of amides is 2. The Balaban J connectivity index is 1.73. The summed E-state index contributed by atoms with van der Waals surface area (Å²) in [6.45, 7) is 3.70. The quantitative estimate of drug-likeness (QED) is 0.911. The van der Waals surface area contributed by atoms with Crippen molar-refractivity contribution in [1.82, 2.24) is 0 Å². The number of rotatable bonds is 3. The highest BCUT2D eigenvalue weighted by Crippen LogP contribution is 2.28. The molecule has 5 heteroatoms. The Morgan fingerprint density at radius 1 is 1.04 bits per heavy atom. The van der Waals surface area contributed by atoms with E-state index >= 15 is 0 Å². The SMILES string of the molecule is CC(=O)Nc1cccc(NC(=O)C2COc3ccccc3C2)c1C. The number of fused-ring (bicyclic) bond motifs is 1. The van der Waals surface area contributed by atoms with Gasteiger partial charge < -0.3 is 15.4 Å². The first-order valence-corrected chi connectivity index (χ1v) is 7.93. The van der Waals surface area contributed by atoms with Gasteiger partial charge >= 0.3 is 0 Å². The first-order chi connectivity index (χ1) is 11.5. The van der Waals surface area contributed by atoms with Gasteiger partial charge in [-0.15, -0.1) is 0 Å². The number of carbonyl (C=O) groups is 2. The van der Waals surface area contributed by atoms with Crippen LogP contribution in [0.5, 0.6) is 5.75 Å². The molecule has 1 heterocycles. The van der Waals surface area contributed by atoms with Gasteiger partial charge in [0.25, 0.3) is 0 Å². The summed E-state index contributed by atoms with van der Waals surface area (Å²) in [4.78, 5) is 23.8. The molecule has 24 heavy (non-hydrogen) atoms. The van der Waals surface area contributed by atoms with Crippen molar-refractivity contribution in [3.63, 3.8) is 0 Å². The number of ether oxygens (including phenoxy) is 1. The Morgan fingerprint density at radius 2 is 1.75 bits per heavy atom. The molecule has 5 nitrogen and oxygen atoms in total. The van der Waals surface area contributed by atoms with E-state index < -0.39 is 0 Å². The molecular formula is C19H20N2O3. The molecule has 2 aromatic carbocycles. The van der Waals surface area contributed by atoms with E-state index in [1.165, 1.54) is 6.92 Å². The summed E-state index contributed by atoms with van der Waals surface area (Å²) in [7, 11) is 0. The van der Waals surface area contributed by atoms with Gasteiger partial charge in [0.1, 0.15) is 12.4 Å². The van der Waals surface area contributed by atoms with Crippen LogP contribution in [0.3, 0.4) is 0 Å². The monoisotopic (exact) mass is 324 g/mol. The van der Waals surface area contributed by atoms with E-state index in [-0.39, 0.29) is 17.7 Å². The highest BCUT2D eigenvalue weighted by molar-refractivity contribution is 5.96. The summed E-state index contributed by atoms with van der Waals surface area (Å²) in [5, 5.41) is 5.72. The lowest BCUT2D eigenvalue weighted by Crippen LogP contribution is -2.32. The van der Waals surface area contributed by atoms with E-state index in [4.69, 9.17) is 4.74 Å². The highest BCUT2D eigenvalue weighted by atomic mass is 16.5. The molecule has 1 atom stereocenters. The molecule has 2 N–H and O–H groups in total. The Labute approximate surface area is 141 Å². The van der Waals surface area contributed by atoms with Crippen molar-refractivity contribution in [3.05, 3.63) is 53.6 Å². The maximum Gasteiger partial charge on any atom is 0.231 e. The Morgan fingerprint density at radius 3 is 2.50 bits per heavy atom. The van der Waals surface area contributed by atoms with Crippen LogP contribution in [0.25, 0.3) is 0 Å². The maximum absolute atomic E-state index is 12.6. The van der Waals surface area contributed by atoms with Crippen LogP contribution in [-0.4, -0.2) is 18.4 Å². The molecule has 3 rings (SSSR count). The zero-order valence-electron chi connectivity index (χ0n) is 13.8. The Bertz CT molecular complexity index is 786. The first-order valence-electron chi connectivity index (χ1n) is 7.93. The van der Waals surface area contributed by atoms with Gasteiger partial charge in [-0.25, -0.2) is 0 Å². The molecule has 0 spiro atoms. The van der Waals surface area contributed by atoms with E-state index in [0.717, 1.165) is 16.9 Å². The van der Waals surface area contributed by atoms with Crippen LogP contribution in [0.2, 0.25) is 0 Å². The second-order valence-corrected chi connectivity index (χ2v) is 5.97. The molecule has 2 amide bonds. The van der Waals surface area contributed by atoms with Gasteiger partial charge in [-0.2, -0.15) is 0 Å². The highest BCUT2D eigenvalue weighted by Gasteiger charge is 2.26. The van der Waals surface area contributed by atoms with Gasteiger partial charge in [0.2, 0.25) is 11.8 Å². The van der Waals surface area contributed by atoms with Gasteiger partial charge in [0.05, 0.1) is 5.92 Å². The minimum atomic E-state index is -0.233. The molecule has 0 saturated carbocycles. The van der Waals surface area contributed by atoms with E-state index in [9.17, 15) is 9.59 Å². The smallest absolute Gasteiger partial charge is 0.231 e. The summed E-state index contributed by atoms with van der Waals surface area (Å²) in [5.74, 6) is 0.403. The summed E-state index contributed by atoms with van der Waals surface area (Å²) in [5.41, 5.74) is 3.28. The van der Waals surface area contributed by atoms with Crippen LogP contribution >= 0.6 is 0 Å². The van der Waals surface area contributed by atoms with E-state index in [0.29, 0.717) is 24.4 Å². The van der Waals surface area contributed by atoms with Crippen molar-refractivity contribution in [3.8, 4) is 5.75 Å². The summed E-state index contributed by atoms with van der Waals surface area (Å²) < 4.78 is 5.68. The number of carbonyl (C=O) groups excluding carboxylic acids is 2. The van der Waals surface area contributed by atoms with Crippen LogP contribution in [0.4, 0.5) is 11.4 Å². The first kappa shape index (κ1) is 16.1. The molecule has 0 aromatic heterocycles. The van der Waals surface area contributed by atoms with Crippen molar-refractivity contribution in [2.75, 3.05) is 17.2 Å². The molecule has 0 aliphatic carbocycles. The molecule has 124 valence electrons. The summed E-state index contributed by atoms with van der Waals surface area (Å²) in [6.07, 6.45) is 0.659. The van der Waals surface area contributed by atoms with Crippen LogP contribution < -0.4 is 15.4 Å². The minimum absolute atomic E-state index is 0.0763. The molecule has 0 saturated heterocycles. The van der Waals surface area contributed by atoms with Gasteiger partial charge in [0.15, 0.2) is 0 Å². The molecule has 2 aromatic rings. The molecule has 1 unspecified atom stereocenters. The Kier molecular flexibility index (Phi) is 4.51. The average Bonchev–Trinajstić information content (AvgIpc) is 2.57. The van der Waals surface area contributed by atoms with E-state index in [1.54, 1.807) is 6.07 Å². The molecule has 0 bridgehead atoms. The lowest BCUT2D eigenvalue weighted by atomic mass is 9.96. The average molecular weight is 324 g/mol. The Hall–Kier alpha value is -2.82. The van der Waals surface area contributed by atoms with Crippen LogP contribution in [-0.2, 0) is 16.0 Å². The van der Waals surface area contributed by atoms with Crippen molar-refractivity contribution in [2.45, 2.75) is 20.3 Å². The second kappa shape index (κ2) is 6.74. The van der Waals surface area contributed by atoms with Gasteiger partial charge in [0, 0.05) is 18.3 Å². The maximum atomic E-state index is 12.6. The van der Waals surface area contributed by atoms with Crippen LogP contribution in [0.15, 0.2) is 42.5 Å². The summed E-state index contributed by atoms with van der Waals surface area (Å²) in [6, 6.07) is 13.2. The standard InChI is InChI=1S/C19H20N2O3/c1-12-16(20-13(2)22)7-5-8-17(12)21-19(23)15-10-14-6-3-4-9-18(14)24-11-15/h3-9,15H,10-11H2,1-2H3,(H,20,22)(H,21,23). The topological polar surface area (TPSA) is 67.4 Å². The number of nitrogens with one attached hydrogen (secondary N) is 2. The fourth-order valence-electron chi connectivity index (χ4n) is 2.83. The van der Waals surface area contributed by atoms with Gasteiger partial charge in [-0.3, -0.25) is 9.59 Å². The molecular weight excluding hydrogens is 304 g/mol. The third kappa shape index (κ3) is 3.40. The van der Waals surface area contributed by atoms with Crippen molar-refractivity contribution in [1.29, 1.82) is 0 Å². The zero-order chi connectivity index (χ0) is 17.1. The number of benzene rings is 2. The van der Waals surface area contributed by atoms with Gasteiger partial charge in [-0.1, -0.05) is 24.3 Å². The lowest BCUT2D eigenvalue weighted by Gasteiger charge is -2.25. The van der Waals surface area contributed by atoms with Gasteiger partial charge in [-0.05, 0) is 42.7 Å². The third-order valence-corrected chi connectivity index (χ3v) is 4.15. The molecule has 1 aliphatic rings. The fourth-order valence-corrected chi connectivity index (χ4v) is 2.83. The number of para-hydroxylation sites is 1. The molecule has 0 fully saturated rings. The van der Waals surface area contributed by atoms with E-state index in [1.807, 2.05) is 43.3 Å². The largest absolute Gasteiger partial charge is 0.492 e. The van der Waals surface area contributed by atoms with E-state index in [2.05, 4.69) is 10.6 Å². The fraction of sp³-hybridized carbons (Fsp3) is 0.263. The third-order valence-electron chi connectivity index (χ3n) is 4.15. The second-order valence-electron chi connectivity index (χ2n) is 5.97. The molecule has 1 aliphatic heterocycles. The number of anilines is 2. The zero-order valence-corrected chi connectivity index (χ0v) is 13.8. The summed E-state index contributed by atoms with van der Waals surface area (Å²) >= 11 is 0. The van der Waals surface area contributed by atoms with Crippen molar-refractivity contribution < 1.29 is 14.3 Å². The minimum Gasteiger partial charge on any atom is -0.492 e. The van der Waals surface area contributed by atoms with Crippen molar-refractivity contribution >= 4 is 23.2 Å². The lowest BCUT2D eigenvalue weighted by molar-refractivity contribution is -0.121. The number of hydrogen-bond acceptors (Lipinski definition) is 3. The number of hydrogen-bond donors (Lipinski definition) is 2. The van der Waals surface area contributed by atoms with Crippen molar-refractivity contribution in [2.24, 2.45) is 5.92 Å². The van der Waals surface area contributed by atoms with Crippen LogP contribution in [0, 0.1) is 12.8 Å². The normalized spacial score (nSPS) is 15.8. The predicted octanol–water partition coefficient (Wildman–Crippen LogP) is 3.14.